The van der Waals surface area contributed by atoms with E-state index in [4.69, 9.17) is 23.2 Å². The molecule has 2 nitrogen and oxygen atoms in total. The van der Waals surface area contributed by atoms with E-state index in [1.165, 1.54) is 0 Å². The van der Waals surface area contributed by atoms with E-state index in [1.807, 2.05) is 72.8 Å². The number of rotatable bonds is 6. The molecule has 0 radical (unpaired) electrons. The zero-order valence-electron chi connectivity index (χ0n) is 17.5. The molecule has 10 aliphatic rings. The van der Waals surface area contributed by atoms with Crippen LogP contribution in [0.1, 0.15) is 11.1 Å². The van der Waals surface area contributed by atoms with Gasteiger partial charge in [-0.1, -0.05) is 0 Å². The first-order valence-electron chi connectivity index (χ1n) is 11.9. The molecule has 10 saturated heterocycles. The van der Waals surface area contributed by atoms with Gasteiger partial charge < -0.3 is 0 Å². The van der Waals surface area contributed by atoms with Crippen molar-refractivity contribution in [3.05, 3.63) is 81.9 Å². The van der Waals surface area contributed by atoms with Crippen molar-refractivity contribution < 1.29 is 16.1 Å². The number of ketones is 2. The molecule has 10 heterocycles. The van der Waals surface area contributed by atoms with Crippen molar-refractivity contribution in [1.82, 2.24) is 0 Å². The van der Waals surface area contributed by atoms with Crippen LogP contribution >= 0.6 is 23.2 Å². The Morgan fingerprint density at radius 3 is 1.27 bits per heavy atom. The van der Waals surface area contributed by atoms with Gasteiger partial charge in [0.2, 0.25) is 0 Å². The third-order valence-electron chi connectivity index (χ3n) is 18.2. The number of carbonyl (C=O) groups excluding carboxylic acids is 2. The molecule has 1 spiro atoms. The normalized spacial score (nSPS) is 69.5. The molecule has 10 fully saturated rings. The van der Waals surface area contributed by atoms with E-state index < -0.39 is 6.51 Å². The quantitative estimate of drug-likeness (QED) is 0.289. The van der Waals surface area contributed by atoms with Gasteiger partial charge in [0.15, 0.2) is 0 Å². The average Bonchev–Trinajstić information content (AvgIpc) is 3.76. The van der Waals surface area contributed by atoms with Gasteiger partial charge in [-0.15, -0.1) is 0 Å². The summed E-state index contributed by atoms with van der Waals surface area (Å²) in [6.45, 7) is -4.16. The van der Waals surface area contributed by atoms with Crippen LogP contribution < -0.4 is 0 Å². The zero-order chi connectivity index (χ0) is 21.9. The topological polar surface area (TPSA) is 34.1 Å². The third kappa shape index (κ3) is 0.344. The molecule has 2 aromatic carbocycles. The second kappa shape index (κ2) is 2.19. The van der Waals surface area contributed by atoms with Crippen molar-refractivity contribution in [3.63, 3.8) is 0 Å². The summed E-state index contributed by atoms with van der Waals surface area (Å²) in [4.78, 5) is 34.4. The van der Waals surface area contributed by atoms with E-state index in [0.29, 0.717) is 40.9 Å². The van der Waals surface area contributed by atoms with Crippen molar-refractivity contribution in [2.75, 3.05) is 0 Å². The Morgan fingerprint density at radius 1 is 0.636 bits per heavy atom. The van der Waals surface area contributed by atoms with Gasteiger partial charge in [0.25, 0.3) is 0 Å². The monoisotopic (exact) mass is 514 g/mol. The van der Waals surface area contributed by atoms with Gasteiger partial charge in [-0.2, -0.15) is 0 Å². The van der Waals surface area contributed by atoms with Gasteiger partial charge in [0.1, 0.15) is 0 Å². The average molecular weight is 515 g/mol. The molecule has 0 N–H and O–H groups in total. The molecule has 12 rings (SSSR count). The Hall–Kier alpha value is -1.64. The summed E-state index contributed by atoms with van der Waals surface area (Å²) in [7, 11) is 0. The van der Waals surface area contributed by atoms with Crippen LogP contribution in [0.15, 0.2) is 60.7 Å². The zero-order valence-corrected chi connectivity index (χ0v) is 20.1. The molecular formula is C28H20Cl2FeO2. The molecule has 0 saturated carbocycles. The van der Waals surface area contributed by atoms with Crippen LogP contribution in [0, 0.1) is 0 Å². The van der Waals surface area contributed by atoms with E-state index >= 15 is 0 Å². The predicted octanol–water partition coefficient (Wildman–Crippen LogP) is 7.99. The van der Waals surface area contributed by atoms with Gasteiger partial charge in [0.05, 0.1) is 0 Å². The molecule has 8 atom stereocenters. The minimum atomic E-state index is -4.16. The van der Waals surface area contributed by atoms with Crippen LogP contribution in [-0.4, -0.2) is 11.6 Å². The molecule has 5 heteroatoms. The van der Waals surface area contributed by atoms with Crippen LogP contribution in [-0.2, 0) is 16.1 Å². The summed E-state index contributed by atoms with van der Waals surface area (Å²) in [6, 6.07) is 15.4. The summed E-state index contributed by atoms with van der Waals surface area (Å²) < 4.78 is 0.00218. The molecule has 33 heavy (non-hydrogen) atoms. The van der Waals surface area contributed by atoms with Crippen molar-refractivity contribution in [3.8, 4) is 0 Å². The second-order valence-corrected chi connectivity index (χ2v) is 38.3. The molecule has 0 aromatic heterocycles. The number of fused-ring (bicyclic) bond motifs is 10. The van der Waals surface area contributed by atoms with Crippen LogP contribution in [0.2, 0.25) is 57.2 Å². The molecule has 0 aliphatic carbocycles. The van der Waals surface area contributed by atoms with E-state index in [9.17, 15) is 9.59 Å². The Morgan fingerprint density at radius 2 is 0.970 bits per heavy atom. The van der Waals surface area contributed by atoms with Crippen molar-refractivity contribution in [2.45, 2.75) is 47.2 Å². The van der Waals surface area contributed by atoms with Gasteiger partial charge in [-0.05, 0) is 0 Å². The number of halogens is 2. The standard InChI is InChI=1S/2C14H10ClO.Fe/c2*15-13-8-5-11(6-9-13)7-10-14(16)12-3-1-2-4-12;/h2*1-10H;. The van der Waals surface area contributed by atoms with Crippen molar-refractivity contribution in [1.29, 1.82) is 0 Å². The Balaban J connectivity index is 1.00. The fourth-order valence-corrected chi connectivity index (χ4v) is 95.4. The number of benzene rings is 2. The summed E-state index contributed by atoms with van der Waals surface area (Å²) in [6.07, 6.45) is 7.76. The fourth-order valence-electron chi connectivity index (χ4n) is 19.6. The third-order valence-corrected chi connectivity index (χ3v) is 61.4. The van der Waals surface area contributed by atoms with Crippen LogP contribution in [0.5, 0.6) is 0 Å². The van der Waals surface area contributed by atoms with Crippen molar-refractivity contribution in [2.24, 2.45) is 0 Å². The second-order valence-electron chi connectivity index (χ2n) is 14.3. The molecule has 8 unspecified atom stereocenters. The molecular weight excluding hydrogens is 495 g/mol. The molecule has 0 bridgehead atoms. The van der Waals surface area contributed by atoms with Gasteiger partial charge >= 0.3 is 192 Å². The SMILES string of the molecule is O=C(C=Cc1ccc(Cl)cc1)[C]12[CH]3[CH]4[CH]5[CH]1[Fe]45321678[CH]2[CH]1[CH]6[C]7(C(=O)C=Cc1ccc(Cl)cc1)[CH]28. The van der Waals surface area contributed by atoms with E-state index in [1.54, 1.807) is 0 Å². The van der Waals surface area contributed by atoms with Crippen LogP contribution in [0.3, 0.4) is 0 Å². The van der Waals surface area contributed by atoms with E-state index in [0.717, 1.165) is 30.4 Å². The van der Waals surface area contributed by atoms with E-state index in [2.05, 4.69) is 0 Å². The maximum atomic E-state index is 14.0. The number of hydrogen-bond donors (Lipinski definition) is 0. The predicted molar refractivity (Wildman–Crippen MR) is 126 cm³/mol. The Labute approximate surface area is 191 Å². The van der Waals surface area contributed by atoms with Crippen molar-refractivity contribution >= 4 is 46.9 Å². The maximum absolute atomic E-state index is 14.0. The fraction of sp³-hybridized carbons (Fsp3) is 0.357. The number of hydrogen-bond acceptors (Lipinski definition) is 2. The van der Waals surface area contributed by atoms with Gasteiger partial charge in [-0.25, -0.2) is 0 Å². The van der Waals surface area contributed by atoms with Crippen LogP contribution in [0.25, 0.3) is 12.2 Å². The first-order valence-corrected chi connectivity index (χ1v) is 18.9. The minimum absolute atomic E-state index is 0.00109. The summed E-state index contributed by atoms with van der Waals surface area (Å²) in [5, 5.41) is 1.42. The summed E-state index contributed by atoms with van der Waals surface area (Å²) in [5.41, 5.74) is 2.05. The molecule has 2 aromatic rings. The summed E-state index contributed by atoms with van der Waals surface area (Å²) in [5.74, 6) is 0.829. The number of allylic oxidation sites excluding steroid dienone is 2. The first-order chi connectivity index (χ1) is 15.7. The Kier molecular flexibility index (Phi) is 1.07. The van der Waals surface area contributed by atoms with Crippen LogP contribution in [0.4, 0.5) is 0 Å². The molecule has 10 aliphatic heterocycles. The first kappa shape index (κ1) is 16.1. The number of carbonyl (C=O) groups is 2. The van der Waals surface area contributed by atoms with E-state index in [-0.39, 0.29) is 8.63 Å². The van der Waals surface area contributed by atoms with Gasteiger partial charge in [0, 0.05) is 0 Å². The van der Waals surface area contributed by atoms with Gasteiger partial charge in [-0.3, -0.25) is 0 Å². The Bertz CT molecular complexity index is 1780. The molecule has 0 amide bonds. The molecule has 166 valence electrons. The summed E-state index contributed by atoms with van der Waals surface area (Å²) >= 11 is 12.0.